The largest absolute Gasteiger partial charge is 0.467 e. The summed E-state index contributed by atoms with van der Waals surface area (Å²) in [4.78, 5) is 14.5. The van der Waals surface area contributed by atoms with Gasteiger partial charge < -0.3 is 15.1 Å². The average Bonchev–Trinajstić information content (AvgIpc) is 2.86. The Kier molecular flexibility index (Phi) is 5.04. The lowest BCUT2D eigenvalue weighted by Gasteiger charge is -2.22. The lowest BCUT2D eigenvalue weighted by molar-refractivity contribution is 0.0986. The monoisotopic (exact) mass is 306 g/mol. The van der Waals surface area contributed by atoms with Gasteiger partial charge >= 0.3 is 0 Å². The van der Waals surface area contributed by atoms with Crippen LogP contribution in [0.25, 0.3) is 0 Å². The zero-order valence-electron chi connectivity index (χ0n) is 11.7. The van der Waals surface area contributed by atoms with E-state index < -0.39 is 0 Å². The third kappa shape index (κ3) is 3.12. The minimum absolute atomic E-state index is 0. The maximum absolute atomic E-state index is 12.7. The van der Waals surface area contributed by atoms with Gasteiger partial charge in [0.05, 0.1) is 12.1 Å². The molecule has 2 heterocycles. The molecule has 0 spiro atoms. The van der Waals surface area contributed by atoms with E-state index in [0.29, 0.717) is 17.9 Å². The first-order valence-electron chi connectivity index (χ1n) is 6.97. The van der Waals surface area contributed by atoms with Crippen LogP contribution in [-0.4, -0.2) is 12.5 Å². The van der Waals surface area contributed by atoms with Crippen LogP contribution in [-0.2, 0) is 13.0 Å². The highest BCUT2D eigenvalue weighted by Gasteiger charge is 2.23. The van der Waals surface area contributed by atoms with Gasteiger partial charge in [0.2, 0.25) is 0 Å². The van der Waals surface area contributed by atoms with Crippen molar-refractivity contribution in [2.75, 3.05) is 11.4 Å². The van der Waals surface area contributed by atoms with Crippen molar-refractivity contribution < 1.29 is 9.21 Å². The summed E-state index contributed by atoms with van der Waals surface area (Å²) in [6, 6.07) is 9.85. The summed E-state index contributed by atoms with van der Waals surface area (Å²) in [6.45, 7) is 1.06. The lowest BCUT2D eigenvalue weighted by Crippen LogP contribution is -2.31. The highest BCUT2D eigenvalue weighted by Crippen LogP contribution is 2.27. The fourth-order valence-corrected chi connectivity index (χ4v) is 2.66. The van der Waals surface area contributed by atoms with Gasteiger partial charge in [-0.25, -0.2) is 0 Å². The number of carbonyl (C=O) groups excluding carboxylic acids is 1. The highest BCUT2D eigenvalue weighted by atomic mass is 35.5. The number of halogens is 1. The maximum Gasteiger partial charge on any atom is 0.261 e. The van der Waals surface area contributed by atoms with Crippen molar-refractivity contribution in [2.24, 2.45) is 5.73 Å². The summed E-state index contributed by atoms with van der Waals surface area (Å²) in [5.41, 5.74) is 8.35. The Hall–Kier alpha value is -1.78. The van der Waals surface area contributed by atoms with Crippen molar-refractivity contribution in [3.63, 3.8) is 0 Å². The fraction of sp³-hybridized carbons (Fsp3) is 0.312. The van der Waals surface area contributed by atoms with Gasteiger partial charge in [-0.1, -0.05) is 18.2 Å². The third-order valence-electron chi connectivity index (χ3n) is 3.71. The normalized spacial score (nSPS) is 14.0. The Morgan fingerprint density at radius 1 is 1.29 bits per heavy atom. The molecule has 0 fully saturated rings. The number of fused-ring (bicyclic) bond motifs is 1. The number of anilines is 1. The molecule has 112 valence electrons. The molecule has 0 atom stereocenters. The summed E-state index contributed by atoms with van der Waals surface area (Å²) in [5.74, 6) is 0.624. The Labute approximate surface area is 130 Å². The Morgan fingerprint density at radius 2 is 2.10 bits per heavy atom. The molecular weight excluding hydrogens is 288 g/mol. The number of para-hydroxylation sites is 1. The first-order chi connectivity index (χ1) is 9.79. The first-order valence-corrected chi connectivity index (χ1v) is 6.97. The van der Waals surface area contributed by atoms with Crippen LogP contribution in [0.4, 0.5) is 5.69 Å². The van der Waals surface area contributed by atoms with Gasteiger partial charge in [-0.2, -0.15) is 0 Å². The molecule has 3 rings (SSSR count). The van der Waals surface area contributed by atoms with Crippen molar-refractivity contribution >= 4 is 24.0 Å². The average molecular weight is 307 g/mol. The van der Waals surface area contributed by atoms with Crippen LogP contribution in [0.3, 0.4) is 0 Å². The van der Waals surface area contributed by atoms with Gasteiger partial charge in [0.1, 0.15) is 12.0 Å². The number of carbonyl (C=O) groups is 1. The van der Waals surface area contributed by atoms with Crippen LogP contribution in [0.15, 0.2) is 41.0 Å². The summed E-state index contributed by atoms with van der Waals surface area (Å²) in [5, 5.41) is 0. The molecule has 1 aromatic heterocycles. The van der Waals surface area contributed by atoms with Crippen LogP contribution in [0.5, 0.6) is 0 Å². The second-order valence-electron chi connectivity index (χ2n) is 5.05. The molecule has 5 heteroatoms. The number of nitrogens with zero attached hydrogens (tertiary/aromatic N) is 1. The number of hydrogen-bond donors (Lipinski definition) is 1. The van der Waals surface area contributed by atoms with E-state index in [2.05, 4.69) is 6.07 Å². The molecule has 4 nitrogen and oxygen atoms in total. The summed E-state index contributed by atoms with van der Waals surface area (Å²) < 4.78 is 5.27. The number of furan rings is 1. The molecule has 1 aliphatic rings. The molecule has 21 heavy (non-hydrogen) atoms. The molecule has 1 amide bonds. The third-order valence-corrected chi connectivity index (χ3v) is 3.71. The quantitative estimate of drug-likeness (QED) is 0.927. The molecule has 0 bridgehead atoms. The van der Waals surface area contributed by atoms with Crippen LogP contribution in [0.2, 0.25) is 0 Å². The Bertz CT molecular complexity index is 624. The molecule has 0 radical (unpaired) electrons. The van der Waals surface area contributed by atoms with Crippen LogP contribution in [0, 0.1) is 0 Å². The van der Waals surface area contributed by atoms with E-state index in [1.807, 2.05) is 23.1 Å². The number of hydrogen-bond acceptors (Lipinski definition) is 3. The summed E-state index contributed by atoms with van der Waals surface area (Å²) >= 11 is 0. The number of benzene rings is 1. The molecule has 2 N–H and O–H groups in total. The van der Waals surface area contributed by atoms with Gasteiger partial charge in [0, 0.05) is 12.2 Å². The maximum atomic E-state index is 12.7. The second-order valence-corrected chi connectivity index (χ2v) is 5.05. The van der Waals surface area contributed by atoms with E-state index in [-0.39, 0.29) is 18.3 Å². The van der Waals surface area contributed by atoms with E-state index in [0.717, 1.165) is 31.5 Å². The number of rotatable bonds is 2. The van der Waals surface area contributed by atoms with E-state index in [1.54, 1.807) is 6.07 Å². The van der Waals surface area contributed by atoms with Gasteiger partial charge in [-0.3, -0.25) is 4.79 Å². The molecule has 1 aromatic carbocycles. The van der Waals surface area contributed by atoms with E-state index in [9.17, 15) is 4.79 Å². The summed E-state index contributed by atoms with van der Waals surface area (Å²) in [6.07, 6.45) is 4.65. The predicted octanol–water partition coefficient (Wildman–Crippen LogP) is 3.14. The highest BCUT2D eigenvalue weighted by molar-refractivity contribution is 6.06. The molecule has 2 aromatic rings. The van der Waals surface area contributed by atoms with Crippen molar-refractivity contribution in [1.82, 2.24) is 0 Å². The molecule has 1 aliphatic heterocycles. The van der Waals surface area contributed by atoms with Crippen molar-refractivity contribution in [1.29, 1.82) is 0 Å². The zero-order chi connectivity index (χ0) is 13.9. The Balaban J connectivity index is 0.00000161. The molecule has 0 saturated heterocycles. The SMILES string of the molecule is Cl.NCc1cc(C(=O)N2CCCCc3ccccc32)co1. The number of amides is 1. The zero-order valence-corrected chi connectivity index (χ0v) is 12.6. The molecule has 0 saturated carbocycles. The van der Waals surface area contributed by atoms with Crippen LogP contribution < -0.4 is 10.6 Å². The predicted molar refractivity (Wildman–Crippen MR) is 84.9 cm³/mol. The molecule has 0 aliphatic carbocycles. The minimum Gasteiger partial charge on any atom is -0.467 e. The van der Waals surface area contributed by atoms with Gasteiger partial charge in [0.15, 0.2) is 0 Å². The van der Waals surface area contributed by atoms with E-state index in [1.165, 1.54) is 11.8 Å². The number of nitrogens with two attached hydrogens (primary N) is 1. The van der Waals surface area contributed by atoms with E-state index >= 15 is 0 Å². The van der Waals surface area contributed by atoms with Gasteiger partial charge in [0.25, 0.3) is 5.91 Å². The number of aryl methyl sites for hydroxylation is 1. The van der Waals surface area contributed by atoms with Crippen molar-refractivity contribution in [3.8, 4) is 0 Å². The Morgan fingerprint density at radius 3 is 2.86 bits per heavy atom. The van der Waals surface area contributed by atoms with Crippen LogP contribution >= 0.6 is 12.4 Å². The fourth-order valence-electron chi connectivity index (χ4n) is 2.66. The van der Waals surface area contributed by atoms with Crippen LogP contribution in [0.1, 0.15) is 34.5 Å². The van der Waals surface area contributed by atoms with Gasteiger partial charge in [-0.05, 0) is 37.0 Å². The minimum atomic E-state index is -0.0113. The smallest absolute Gasteiger partial charge is 0.261 e. The second kappa shape index (κ2) is 6.78. The molecule has 0 unspecified atom stereocenters. The molecular formula is C16H19ClN2O2. The first kappa shape index (κ1) is 15.6. The standard InChI is InChI=1S/C16H18N2O2.ClH/c17-10-14-9-13(11-20-14)16(19)18-8-4-3-6-12-5-1-2-7-15(12)18;/h1-2,5,7,9,11H,3-4,6,8,10,17H2;1H. The lowest BCUT2D eigenvalue weighted by atomic mass is 10.1. The van der Waals surface area contributed by atoms with Crippen molar-refractivity contribution in [3.05, 3.63) is 53.5 Å². The van der Waals surface area contributed by atoms with Crippen molar-refractivity contribution in [2.45, 2.75) is 25.8 Å². The summed E-state index contributed by atoms with van der Waals surface area (Å²) in [7, 11) is 0. The van der Waals surface area contributed by atoms with E-state index in [4.69, 9.17) is 10.2 Å². The topological polar surface area (TPSA) is 59.5 Å². The van der Waals surface area contributed by atoms with Gasteiger partial charge in [-0.15, -0.1) is 12.4 Å².